The lowest BCUT2D eigenvalue weighted by Crippen LogP contribution is -2.36. The van der Waals surface area contributed by atoms with Crippen LogP contribution in [0.25, 0.3) is 77.2 Å². The van der Waals surface area contributed by atoms with E-state index in [4.69, 9.17) is 0 Å². The van der Waals surface area contributed by atoms with Gasteiger partial charge in [-0.05, 0) is 111 Å². The second-order valence-corrected chi connectivity index (χ2v) is 18.0. The summed E-state index contributed by atoms with van der Waals surface area (Å²) in [5.74, 6) is 0.375. The molecule has 0 radical (unpaired) electrons. The average Bonchev–Trinajstić information content (AvgIpc) is 3.78. The van der Waals surface area contributed by atoms with E-state index in [-0.39, 0.29) is 10.8 Å². The zero-order valence-corrected chi connectivity index (χ0v) is 34.7. The van der Waals surface area contributed by atoms with Gasteiger partial charge in [0, 0.05) is 43.7 Å². The third kappa shape index (κ3) is 5.25. The van der Waals surface area contributed by atoms with Crippen molar-refractivity contribution in [3.05, 3.63) is 204 Å². The van der Waals surface area contributed by atoms with Gasteiger partial charge in [-0.3, -0.25) is 0 Å². The predicted octanol–water partition coefficient (Wildman–Crippen LogP) is 15.3. The number of rotatable bonds is 5. The molecule has 0 N–H and O–H groups in total. The normalized spacial score (nSPS) is 14.4. The maximum atomic E-state index is 2.55. The summed E-state index contributed by atoms with van der Waals surface area (Å²) < 4.78 is 5.03. The SMILES string of the molecule is CC(C)c1cccc2c3cc4c(cc3n(-c3ccc(-c5ccccc5)cc3)c12)C(C)(C)c1cc2c3ccccc3n(-c3ccc(-c5ccccc5)cc3)c2cc1C4(C)C. The number of fused-ring (bicyclic) bond motifs is 8. The van der Waals surface area contributed by atoms with E-state index in [1.807, 2.05) is 0 Å². The molecule has 0 unspecified atom stereocenters. The van der Waals surface area contributed by atoms with Crippen LogP contribution in [0, 0.1) is 0 Å². The van der Waals surface area contributed by atoms with Crippen LogP contribution < -0.4 is 0 Å². The molecule has 286 valence electrons. The Morgan fingerprint density at radius 3 is 1.32 bits per heavy atom. The van der Waals surface area contributed by atoms with Gasteiger partial charge in [0.25, 0.3) is 0 Å². The predicted molar refractivity (Wildman–Crippen MR) is 251 cm³/mol. The van der Waals surface area contributed by atoms with E-state index in [0.29, 0.717) is 5.92 Å². The molecule has 0 aliphatic heterocycles. The Morgan fingerprint density at radius 2 is 0.780 bits per heavy atom. The van der Waals surface area contributed by atoms with Crippen LogP contribution in [0.2, 0.25) is 0 Å². The van der Waals surface area contributed by atoms with Crippen LogP contribution in [0.1, 0.15) is 75.3 Å². The van der Waals surface area contributed by atoms with Crippen LogP contribution in [0.3, 0.4) is 0 Å². The molecule has 11 rings (SSSR count). The molecule has 2 heteroatoms. The van der Waals surface area contributed by atoms with Gasteiger partial charge in [0.2, 0.25) is 0 Å². The smallest absolute Gasteiger partial charge is 0.0575 e. The highest BCUT2D eigenvalue weighted by Crippen LogP contribution is 2.53. The first-order valence-corrected chi connectivity index (χ1v) is 21.1. The van der Waals surface area contributed by atoms with E-state index in [1.165, 1.54) is 105 Å². The number of benzene rings is 8. The molecular weight excluding hydrogens is 713 g/mol. The topological polar surface area (TPSA) is 9.86 Å². The minimum absolute atomic E-state index is 0.248. The Bertz CT molecular complexity index is 3240. The largest absolute Gasteiger partial charge is 0.309 e. The van der Waals surface area contributed by atoms with E-state index in [1.54, 1.807) is 0 Å². The summed E-state index contributed by atoms with van der Waals surface area (Å²) in [6.45, 7) is 14.4. The Labute approximate surface area is 347 Å². The summed E-state index contributed by atoms with van der Waals surface area (Å²) in [5, 5.41) is 5.21. The summed E-state index contributed by atoms with van der Waals surface area (Å²) in [4.78, 5) is 0. The Balaban J connectivity index is 1.14. The molecule has 8 aromatic carbocycles. The molecule has 0 atom stereocenters. The van der Waals surface area contributed by atoms with Crippen molar-refractivity contribution in [1.29, 1.82) is 0 Å². The highest BCUT2D eigenvalue weighted by molar-refractivity contribution is 6.12. The standard InChI is InChI=1S/C57H48N2/c1-36(2)43-21-15-22-45-47-33-49-51(35-54(47)59(55(43)45)42-30-26-40(27-31-42)38-18-11-8-12-19-38)56(3,4)48-32-46-44-20-13-14-23-52(44)58(53(46)34-50(48)57(49,5)6)41-28-24-39(25-29-41)37-16-9-7-10-17-37/h7-36H,1-6H3. The summed E-state index contributed by atoms with van der Waals surface area (Å²) >= 11 is 0. The van der Waals surface area contributed by atoms with E-state index in [0.717, 1.165) is 0 Å². The van der Waals surface area contributed by atoms with Crippen LogP contribution in [0.4, 0.5) is 0 Å². The number of aromatic nitrogens is 2. The molecular formula is C57H48N2. The highest BCUT2D eigenvalue weighted by atomic mass is 15.0. The van der Waals surface area contributed by atoms with Gasteiger partial charge in [0.15, 0.2) is 0 Å². The molecule has 2 aromatic heterocycles. The summed E-state index contributed by atoms with van der Waals surface area (Å²) in [6, 6.07) is 65.6. The van der Waals surface area contributed by atoms with Crippen molar-refractivity contribution < 1.29 is 0 Å². The second kappa shape index (κ2) is 12.9. The van der Waals surface area contributed by atoms with Crippen LogP contribution in [0.5, 0.6) is 0 Å². The minimum atomic E-state index is -0.248. The van der Waals surface area contributed by atoms with Crippen molar-refractivity contribution in [2.24, 2.45) is 0 Å². The van der Waals surface area contributed by atoms with Crippen molar-refractivity contribution in [3.8, 4) is 33.6 Å². The Morgan fingerprint density at radius 1 is 0.356 bits per heavy atom. The molecule has 2 heterocycles. The fraction of sp³-hybridized carbons (Fsp3) is 0.158. The van der Waals surface area contributed by atoms with Crippen molar-refractivity contribution >= 4 is 43.6 Å². The van der Waals surface area contributed by atoms with Crippen molar-refractivity contribution in [2.45, 2.75) is 58.3 Å². The molecule has 1 aliphatic rings. The van der Waals surface area contributed by atoms with Gasteiger partial charge < -0.3 is 9.13 Å². The van der Waals surface area contributed by atoms with Gasteiger partial charge in [0.05, 0.1) is 22.1 Å². The lowest BCUT2D eigenvalue weighted by atomic mass is 9.59. The van der Waals surface area contributed by atoms with Crippen LogP contribution >= 0.6 is 0 Å². The van der Waals surface area contributed by atoms with Gasteiger partial charge in [-0.15, -0.1) is 0 Å². The van der Waals surface area contributed by atoms with Crippen molar-refractivity contribution in [2.75, 3.05) is 0 Å². The summed E-state index contributed by atoms with van der Waals surface area (Å²) in [5.41, 5.74) is 18.8. The first-order chi connectivity index (χ1) is 28.6. The third-order valence-electron chi connectivity index (χ3n) is 13.6. The van der Waals surface area contributed by atoms with Gasteiger partial charge in [-0.25, -0.2) is 0 Å². The number of hydrogen-bond acceptors (Lipinski definition) is 0. The van der Waals surface area contributed by atoms with Crippen LogP contribution in [-0.4, -0.2) is 9.13 Å². The lowest BCUT2D eigenvalue weighted by molar-refractivity contribution is 0.523. The summed E-state index contributed by atoms with van der Waals surface area (Å²) in [6.07, 6.45) is 0. The fourth-order valence-corrected chi connectivity index (χ4v) is 10.4. The summed E-state index contributed by atoms with van der Waals surface area (Å²) in [7, 11) is 0. The van der Waals surface area contributed by atoms with Crippen LogP contribution in [0.15, 0.2) is 176 Å². The number of hydrogen-bond donors (Lipinski definition) is 0. The van der Waals surface area contributed by atoms with E-state index < -0.39 is 0 Å². The molecule has 0 bridgehead atoms. The molecule has 10 aromatic rings. The molecule has 0 saturated heterocycles. The van der Waals surface area contributed by atoms with Crippen LogP contribution in [-0.2, 0) is 10.8 Å². The maximum absolute atomic E-state index is 2.55. The highest BCUT2D eigenvalue weighted by Gasteiger charge is 2.43. The first kappa shape index (κ1) is 35.5. The van der Waals surface area contributed by atoms with E-state index in [2.05, 4.69) is 227 Å². The number of para-hydroxylation sites is 2. The quantitative estimate of drug-likeness (QED) is 0.165. The zero-order chi connectivity index (χ0) is 40.2. The third-order valence-corrected chi connectivity index (χ3v) is 13.6. The molecule has 59 heavy (non-hydrogen) atoms. The van der Waals surface area contributed by atoms with Gasteiger partial charge >= 0.3 is 0 Å². The molecule has 0 spiro atoms. The fourth-order valence-electron chi connectivity index (χ4n) is 10.4. The lowest BCUT2D eigenvalue weighted by Gasteiger charge is -2.44. The Hall–Kier alpha value is -6.64. The van der Waals surface area contributed by atoms with Crippen molar-refractivity contribution in [3.63, 3.8) is 0 Å². The van der Waals surface area contributed by atoms with Gasteiger partial charge in [-0.1, -0.05) is 163 Å². The second-order valence-electron chi connectivity index (χ2n) is 18.0. The minimum Gasteiger partial charge on any atom is -0.309 e. The zero-order valence-electron chi connectivity index (χ0n) is 34.7. The van der Waals surface area contributed by atoms with Crippen molar-refractivity contribution in [1.82, 2.24) is 9.13 Å². The molecule has 2 nitrogen and oxygen atoms in total. The molecule has 0 fully saturated rings. The average molecular weight is 761 g/mol. The molecule has 0 saturated carbocycles. The molecule has 1 aliphatic carbocycles. The first-order valence-electron chi connectivity index (χ1n) is 21.1. The van der Waals surface area contributed by atoms with E-state index >= 15 is 0 Å². The maximum Gasteiger partial charge on any atom is 0.0575 e. The molecule has 0 amide bonds. The van der Waals surface area contributed by atoms with E-state index in [9.17, 15) is 0 Å². The monoisotopic (exact) mass is 760 g/mol. The van der Waals surface area contributed by atoms with Gasteiger partial charge in [-0.2, -0.15) is 0 Å². The number of nitrogens with zero attached hydrogens (tertiary/aromatic N) is 2. The van der Waals surface area contributed by atoms with Gasteiger partial charge in [0.1, 0.15) is 0 Å². The Kier molecular flexibility index (Phi) is 7.79.